The third kappa shape index (κ3) is 2.96. The molecule has 0 saturated heterocycles. The molecule has 2 heterocycles. The molecule has 4 nitrogen and oxygen atoms in total. The van der Waals surface area contributed by atoms with Crippen LogP contribution < -0.4 is 5.32 Å². The van der Waals surface area contributed by atoms with Crippen molar-refractivity contribution in [3.05, 3.63) is 76.5 Å². The third-order valence-corrected chi connectivity index (χ3v) is 5.90. The minimum atomic E-state index is -0.0228. The molecule has 3 aromatic rings. The number of hydrogen-bond acceptors (Lipinski definition) is 3. The lowest BCUT2D eigenvalue weighted by Crippen LogP contribution is -2.12. The highest BCUT2D eigenvalue weighted by Crippen LogP contribution is 2.34. The van der Waals surface area contributed by atoms with E-state index >= 15 is 0 Å². The van der Waals surface area contributed by atoms with Gasteiger partial charge in [-0.2, -0.15) is 0 Å². The summed E-state index contributed by atoms with van der Waals surface area (Å²) in [5.74, 6) is 0.436. The van der Waals surface area contributed by atoms with Gasteiger partial charge < -0.3 is 5.32 Å². The number of amides is 1. The summed E-state index contributed by atoms with van der Waals surface area (Å²) in [5, 5.41) is 2.86. The average Bonchev–Trinajstić information content (AvgIpc) is 3.30. The Morgan fingerprint density at radius 1 is 0.828 bits per heavy atom. The van der Waals surface area contributed by atoms with Crippen molar-refractivity contribution in [3.63, 3.8) is 0 Å². The van der Waals surface area contributed by atoms with Crippen LogP contribution in [0.3, 0.4) is 0 Å². The molecule has 2 aromatic carbocycles. The predicted molar refractivity (Wildman–Crippen MR) is 113 cm³/mol. The van der Waals surface area contributed by atoms with E-state index in [2.05, 4.69) is 37.4 Å². The van der Waals surface area contributed by atoms with Crippen molar-refractivity contribution in [2.24, 2.45) is 0 Å². The number of benzene rings is 2. The van der Waals surface area contributed by atoms with E-state index in [9.17, 15) is 9.59 Å². The number of fused-ring (bicyclic) bond motifs is 2. The van der Waals surface area contributed by atoms with Gasteiger partial charge in [0, 0.05) is 35.2 Å². The van der Waals surface area contributed by atoms with Gasteiger partial charge in [0.2, 0.25) is 0 Å². The summed E-state index contributed by atoms with van der Waals surface area (Å²) in [7, 11) is 0. The predicted octanol–water partition coefficient (Wildman–Crippen LogP) is 4.91. The molecule has 0 saturated carbocycles. The highest BCUT2D eigenvalue weighted by Gasteiger charge is 2.22. The molecule has 0 spiro atoms. The first kappa shape index (κ1) is 17.8. The smallest absolute Gasteiger partial charge is 0.251 e. The lowest BCUT2D eigenvalue weighted by Gasteiger charge is -2.15. The third-order valence-electron chi connectivity index (χ3n) is 5.90. The Kier molecular flexibility index (Phi) is 4.09. The molecular weight excluding hydrogens is 360 g/mol. The number of rotatable bonds is 3. The lowest BCUT2D eigenvalue weighted by atomic mass is 9.94. The highest BCUT2D eigenvalue weighted by molar-refractivity contribution is 6.01. The molecular formula is C25H22N2O2. The van der Waals surface area contributed by atoms with Gasteiger partial charge in [-0.1, -0.05) is 44.2 Å². The molecule has 1 aliphatic carbocycles. The fourth-order valence-corrected chi connectivity index (χ4v) is 4.30. The molecule has 5 rings (SSSR count). The molecule has 0 atom stereocenters. The van der Waals surface area contributed by atoms with Crippen LogP contribution in [0.25, 0.3) is 22.4 Å². The SMILES string of the molecule is CC(C)c1nc(-c2ccc3c(c2)C(=O)NC3)ccc1-c1ccc2c(c1)C(=O)CC2. The second-order valence-corrected chi connectivity index (χ2v) is 8.13. The Labute approximate surface area is 170 Å². The maximum Gasteiger partial charge on any atom is 0.251 e. The number of nitrogens with one attached hydrogen (secondary N) is 1. The van der Waals surface area contributed by atoms with Gasteiger partial charge in [0.05, 0.1) is 11.4 Å². The van der Waals surface area contributed by atoms with E-state index in [1.165, 1.54) is 0 Å². The van der Waals surface area contributed by atoms with Crippen LogP contribution >= 0.6 is 0 Å². The van der Waals surface area contributed by atoms with Crippen LogP contribution in [0.5, 0.6) is 0 Å². The zero-order chi connectivity index (χ0) is 20.1. The van der Waals surface area contributed by atoms with Crippen molar-refractivity contribution < 1.29 is 9.59 Å². The molecule has 1 amide bonds. The average molecular weight is 382 g/mol. The first-order valence-corrected chi connectivity index (χ1v) is 10.1. The first-order chi connectivity index (χ1) is 14.0. The van der Waals surface area contributed by atoms with Crippen LogP contribution in [0.2, 0.25) is 0 Å². The maximum atomic E-state index is 12.2. The van der Waals surface area contributed by atoms with Crippen molar-refractivity contribution in [2.75, 3.05) is 0 Å². The van der Waals surface area contributed by atoms with Gasteiger partial charge in [-0.15, -0.1) is 0 Å². The number of hydrogen-bond donors (Lipinski definition) is 1. The van der Waals surface area contributed by atoms with Crippen LogP contribution in [0, 0.1) is 0 Å². The number of ketones is 1. The monoisotopic (exact) mass is 382 g/mol. The first-order valence-electron chi connectivity index (χ1n) is 10.1. The van der Waals surface area contributed by atoms with Gasteiger partial charge in [-0.25, -0.2) is 0 Å². The van der Waals surface area contributed by atoms with Crippen LogP contribution in [0.4, 0.5) is 0 Å². The Bertz CT molecular complexity index is 1180. The van der Waals surface area contributed by atoms with E-state index < -0.39 is 0 Å². The van der Waals surface area contributed by atoms with Gasteiger partial charge in [0.25, 0.3) is 5.91 Å². The van der Waals surface area contributed by atoms with E-state index in [-0.39, 0.29) is 17.6 Å². The number of carbonyl (C=O) groups excluding carboxylic acids is 2. The fourth-order valence-electron chi connectivity index (χ4n) is 4.30. The molecule has 0 unspecified atom stereocenters. The number of carbonyl (C=O) groups is 2. The second-order valence-electron chi connectivity index (χ2n) is 8.13. The Balaban J connectivity index is 1.60. The Morgan fingerprint density at radius 2 is 1.59 bits per heavy atom. The van der Waals surface area contributed by atoms with E-state index in [4.69, 9.17) is 4.98 Å². The molecule has 1 aromatic heterocycles. The molecule has 0 bridgehead atoms. The van der Waals surface area contributed by atoms with E-state index in [1.54, 1.807) is 0 Å². The number of aromatic nitrogens is 1. The minimum absolute atomic E-state index is 0.0228. The largest absolute Gasteiger partial charge is 0.348 e. The lowest BCUT2D eigenvalue weighted by molar-refractivity contribution is 0.0963. The fraction of sp³-hybridized carbons (Fsp3) is 0.240. The van der Waals surface area contributed by atoms with Gasteiger partial charge in [0.1, 0.15) is 0 Å². The molecule has 0 radical (unpaired) electrons. The van der Waals surface area contributed by atoms with E-state index in [0.717, 1.165) is 56.8 Å². The van der Waals surface area contributed by atoms with Gasteiger partial charge >= 0.3 is 0 Å². The highest BCUT2D eigenvalue weighted by atomic mass is 16.2. The quantitative estimate of drug-likeness (QED) is 0.700. The summed E-state index contributed by atoms with van der Waals surface area (Å²) in [6, 6.07) is 16.2. The Morgan fingerprint density at radius 3 is 2.41 bits per heavy atom. The standard InChI is InChI=1S/C25H22N2O2/c1-14(2)24-19(16-4-3-15-7-10-23(28)20(15)11-16)8-9-22(27-24)17-5-6-18-13-26-25(29)21(18)12-17/h3-6,8-9,11-12,14H,7,10,13H2,1-2H3,(H,26,29). The van der Waals surface area contributed by atoms with Crippen molar-refractivity contribution in [1.82, 2.24) is 10.3 Å². The van der Waals surface area contributed by atoms with Gasteiger partial charge in [0.15, 0.2) is 5.78 Å². The van der Waals surface area contributed by atoms with Crippen molar-refractivity contribution in [3.8, 4) is 22.4 Å². The van der Waals surface area contributed by atoms with Gasteiger partial charge in [-0.3, -0.25) is 14.6 Å². The molecule has 1 N–H and O–H groups in total. The van der Waals surface area contributed by atoms with Crippen molar-refractivity contribution in [1.29, 1.82) is 0 Å². The number of Topliss-reactive ketones (excluding diaryl/α,β-unsaturated/α-hetero) is 1. The Hall–Kier alpha value is -3.27. The molecule has 4 heteroatoms. The van der Waals surface area contributed by atoms with Crippen LogP contribution in [0.15, 0.2) is 48.5 Å². The molecule has 2 aliphatic rings. The zero-order valence-corrected chi connectivity index (χ0v) is 16.6. The van der Waals surface area contributed by atoms with Crippen LogP contribution in [0.1, 0.15) is 63.7 Å². The normalized spacial score (nSPS) is 14.9. The topological polar surface area (TPSA) is 59.1 Å². The molecule has 144 valence electrons. The maximum absolute atomic E-state index is 12.2. The summed E-state index contributed by atoms with van der Waals surface area (Å²) in [5.41, 5.74) is 8.66. The summed E-state index contributed by atoms with van der Waals surface area (Å²) in [6.07, 6.45) is 1.45. The minimum Gasteiger partial charge on any atom is -0.348 e. The summed E-state index contributed by atoms with van der Waals surface area (Å²) in [6.45, 7) is 4.85. The van der Waals surface area contributed by atoms with Crippen molar-refractivity contribution >= 4 is 11.7 Å². The summed E-state index contributed by atoms with van der Waals surface area (Å²) in [4.78, 5) is 29.2. The summed E-state index contributed by atoms with van der Waals surface area (Å²) >= 11 is 0. The van der Waals surface area contributed by atoms with E-state index in [0.29, 0.717) is 13.0 Å². The van der Waals surface area contributed by atoms with Crippen LogP contribution in [-0.4, -0.2) is 16.7 Å². The summed E-state index contributed by atoms with van der Waals surface area (Å²) < 4.78 is 0. The molecule has 1 aliphatic heterocycles. The zero-order valence-electron chi connectivity index (χ0n) is 16.6. The van der Waals surface area contributed by atoms with Crippen LogP contribution in [-0.2, 0) is 13.0 Å². The van der Waals surface area contributed by atoms with E-state index in [1.807, 2.05) is 30.3 Å². The number of pyridine rings is 1. The number of aryl methyl sites for hydroxylation is 1. The molecule has 29 heavy (non-hydrogen) atoms. The number of nitrogens with zero attached hydrogens (tertiary/aromatic N) is 1. The second kappa shape index (κ2) is 6.66. The van der Waals surface area contributed by atoms with Gasteiger partial charge in [-0.05, 0) is 47.2 Å². The molecule has 0 fully saturated rings. The van der Waals surface area contributed by atoms with Crippen molar-refractivity contribution in [2.45, 2.75) is 39.2 Å².